The van der Waals surface area contributed by atoms with Crippen LogP contribution in [-0.4, -0.2) is 95.0 Å². The third-order valence-electron chi connectivity index (χ3n) is 8.37. The Labute approximate surface area is 360 Å². The molecule has 0 bridgehead atoms. The lowest BCUT2D eigenvalue weighted by molar-refractivity contribution is -0.158. The smallest absolute Gasteiger partial charge is 0.410 e. The third-order valence-corrected chi connectivity index (χ3v) is 9.84. The highest BCUT2D eigenvalue weighted by molar-refractivity contribution is 9.10. The number of aromatic nitrogens is 2. The summed E-state index contributed by atoms with van der Waals surface area (Å²) in [5.41, 5.74) is 11.6. The number of hydrogen-bond donors (Lipinski definition) is 2. The van der Waals surface area contributed by atoms with Crippen molar-refractivity contribution in [3.05, 3.63) is 44.6 Å². The summed E-state index contributed by atoms with van der Waals surface area (Å²) >= 11 is 10.00. The first-order valence-electron chi connectivity index (χ1n) is 17.7. The predicted octanol–water partition coefficient (Wildman–Crippen LogP) is 8.25. The summed E-state index contributed by atoms with van der Waals surface area (Å²) in [5.74, 6) is 0.456. The van der Waals surface area contributed by atoms with E-state index >= 15 is 0 Å². The molecular formula is C37H56Br4N6O8. The number of nitrogen functional groups attached to an aromatic ring is 2. The van der Waals surface area contributed by atoms with Gasteiger partial charge in [0.1, 0.15) is 22.8 Å². The van der Waals surface area contributed by atoms with Gasteiger partial charge in [-0.2, -0.15) is 0 Å². The molecule has 4 N–H and O–H groups in total. The topological polar surface area (TPSA) is 190 Å². The Bertz CT molecular complexity index is 1570. The number of anilines is 2. The summed E-state index contributed by atoms with van der Waals surface area (Å²) in [6, 6.07) is 3.82. The highest BCUT2D eigenvalue weighted by atomic mass is 79.9. The number of alkyl halides is 1. The van der Waals surface area contributed by atoms with E-state index in [0.29, 0.717) is 76.5 Å². The molecule has 2 aliphatic rings. The molecule has 2 aromatic heterocycles. The lowest BCUT2D eigenvalue weighted by atomic mass is 9.74. The summed E-state index contributed by atoms with van der Waals surface area (Å²) < 4.78 is 22.5. The van der Waals surface area contributed by atoms with E-state index < -0.39 is 16.6 Å². The first-order valence-corrected chi connectivity index (χ1v) is 20.4. The van der Waals surface area contributed by atoms with Crippen molar-refractivity contribution in [1.29, 1.82) is 0 Å². The van der Waals surface area contributed by atoms with Gasteiger partial charge in [0.05, 0.1) is 25.0 Å². The Hall–Kier alpha value is -2.70. The second-order valence-corrected chi connectivity index (χ2v) is 17.3. The fourth-order valence-corrected chi connectivity index (χ4v) is 6.78. The number of ether oxygens (including phenoxy) is 4. The molecule has 0 unspecified atom stereocenters. The Kier molecular flexibility index (Phi) is 20.9. The summed E-state index contributed by atoms with van der Waals surface area (Å²) in [5, 5.41) is 0.741. The van der Waals surface area contributed by atoms with E-state index in [4.69, 9.17) is 30.4 Å². The van der Waals surface area contributed by atoms with Crippen LogP contribution in [-0.2, 0) is 40.3 Å². The molecule has 4 rings (SSSR count). The first kappa shape index (κ1) is 50.3. The number of nitrogens with two attached hydrogens (primary N) is 2. The van der Waals surface area contributed by atoms with Crippen LogP contribution in [0.15, 0.2) is 33.5 Å². The highest BCUT2D eigenvalue weighted by Crippen LogP contribution is 2.38. The van der Waals surface area contributed by atoms with Gasteiger partial charge in [0, 0.05) is 58.4 Å². The van der Waals surface area contributed by atoms with Crippen LogP contribution in [0.4, 0.5) is 21.2 Å². The Morgan fingerprint density at radius 3 is 1.65 bits per heavy atom. The number of nitrogens with zero attached hydrogens (tertiary/aromatic N) is 4. The number of rotatable bonds is 6. The molecule has 18 heteroatoms. The number of pyridine rings is 2. The van der Waals surface area contributed by atoms with E-state index in [0.717, 1.165) is 25.4 Å². The van der Waals surface area contributed by atoms with Gasteiger partial charge in [0.25, 0.3) is 0 Å². The van der Waals surface area contributed by atoms with Gasteiger partial charge >= 0.3 is 24.1 Å². The number of likely N-dealkylation sites (tertiary alicyclic amines) is 2. The molecule has 2 fully saturated rings. The van der Waals surface area contributed by atoms with Crippen molar-refractivity contribution in [2.45, 2.75) is 97.1 Å². The molecule has 310 valence electrons. The molecule has 0 spiro atoms. The van der Waals surface area contributed by atoms with Gasteiger partial charge in [-0.25, -0.2) is 19.6 Å². The molecule has 2 aromatic rings. The van der Waals surface area contributed by atoms with E-state index in [-0.39, 0.29) is 47.0 Å². The number of carbonyl (C=O) groups excluding carboxylic acids is 4. The largest absolute Gasteiger partial charge is 0.469 e. The molecule has 2 saturated heterocycles. The molecule has 0 atom stereocenters. The van der Waals surface area contributed by atoms with Crippen molar-refractivity contribution in [3.63, 3.8) is 0 Å². The maximum Gasteiger partial charge on any atom is 0.410 e. The highest BCUT2D eigenvalue weighted by Gasteiger charge is 2.44. The number of esters is 2. The van der Waals surface area contributed by atoms with Crippen LogP contribution >= 0.6 is 64.8 Å². The number of amides is 2. The average molecular weight is 1030 g/mol. The Morgan fingerprint density at radius 1 is 0.818 bits per heavy atom. The fourth-order valence-electron chi connectivity index (χ4n) is 5.57. The number of carbonyl (C=O) groups is 4. The lowest BCUT2D eigenvalue weighted by Crippen LogP contribution is -2.49. The summed E-state index contributed by atoms with van der Waals surface area (Å²) in [4.78, 5) is 59.6. The van der Waals surface area contributed by atoms with Gasteiger partial charge in [-0.15, -0.1) is 17.0 Å². The van der Waals surface area contributed by atoms with Crippen LogP contribution in [0.5, 0.6) is 0 Å². The zero-order valence-electron chi connectivity index (χ0n) is 32.9. The van der Waals surface area contributed by atoms with Gasteiger partial charge in [-0.1, -0.05) is 15.9 Å². The van der Waals surface area contributed by atoms with Crippen molar-refractivity contribution < 1.29 is 38.1 Å². The molecule has 0 aromatic carbocycles. The number of piperidine rings is 2. The van der Waals surface area contributed by atoms with Gasteiger partial charge in [0.2, 0.25) is 0 Å². The fraction of sp³-hybridized carbons (Fsp3) is 0.622. The zero-order chi connectivity index (χ0) is 40.9. The van der Waals surface area contributed by atoms with E-state index in [1.807, 2.05) is 53.7 Å². The van der Waals surface area contributed by atoms with Crippen molar-refractivity contribution in [1.82, 2.24) is 19.8 Å². The summed E-state index contributed by atoms with van der Waals surface area (Å²) in [6.07, 6.45) is 5.32. The second kappa shape index (κ2) is 22.9. The normalized spacial score (nSPS) is 15.5. The molecule has 0 radical (unpaired) electrons. The molecular weight excluding hydrogens is 976 g/mol. The molecule has 2 amide bonds. The van der Waals surface area contributed by atoms with Crippen LogP contribution < -0.4 is 11.5 Å². The zero-order valence-corrected chi connectivity index (χ0v) is 39.4. The van der Waals surface area contributed by atoms with Crippen molar-refractivity contribution in [2.75, 3.05) is 51.4 Å². The standard InChI is InChI=1S/C19H28BrN3O4.C12H21NO4.C6H6Br2N2.BrH/c1-5-26-16(24)19(11-13-10-14(20)12-22-15(13)21)6-8-23(9-7-19)17(25)27-18(2,3)4;1-12(2,3)17-11(15)13-7-5-9(6-8-13)10(14)16-4;7-2-4-1-5(8)3-10-6(4)9;/h10,12H,5-9,11H2,1-4H3,(H2,21,22);9H,5-8H2,1-4H3;1,3H,2H2,(H2,9,10);1H. The van der Waals surface area contributed by atoms with Crippen molar-refractivity contribution >= 4 is 101 Å². The van der Waals surface area contributed by atoms with Crippen LogP contribution in [0.25, 0.3) is 0 Å². The number of hydrogen-bond acceptors (Lipinski definition) is 12. The molecule has 55 heavy (non-hydrogen) atoms. The van der Waals surface area contributed by atoms with Gasteiger partial charge in [-0.05, 0) is 130 Å². The minimum Gasteiger partial charge on any atom is -0.469 e. The third kappa shape index (κ3) is 17.1. The first-order chi connectivity index (χ1) is 25.1. The van der Waals surface area contributed by atoms with Crippen LogP contribution in [0.2, 0.25) is 0 Å². The lowest BCUT2D eigenvalue weighted by Gasteiger charge is -2.40. The van der Waals surface area contributed by atoms with Crippen LogP contribution in [0.3, 0.4) is 0 Å². The monoisotopic (exact) mass is 1030 g/mol. The van der Waals surface area contributed by atoms with E-state index in [9.17, 15) is 19.2 Å². The molecule has 2 aliphatic heterocycles. The van der Waals surface area contributed by atoms with Crippen molar-refractivity contribution in [3.8, 4) is 0 Å². The van der Waals surface area contributed by atoms with E-state index in [1.54, 1.807) is 29.1 Å². The maximum atomic E-state index is 12.8. The molecule has 0 aliphatic carbocycles. The number of methoxy groups -OCH3 is 1. The van der Waals surface area contributed by atoms with Crippen molar-refractivity contribution in [2.24, 2.45) is 11.3 Å². The SMILES string of the molecule is Br.CCOC(=O)C1(Cc2cc(Br)cnc2N)CCN(C(=O)OC(C)(C)C)CC1.COC(=O)C1CCN(C(=O)OC(C)(C)C)CC1.Nc1ncc(Br)cc1CBr. The Morgan fingerprint density at radius 2 is 1.25 bits per heavy atom. The summed E-state index contributed by atoms with van der Waals surface area (Å²) in [6.45, 7) is 15.1. The van der Waals surface area contributed by atoms with Crippen LogP contribution in [0, 0.1) is 11.3 Å². The molecule has 14 nitrogen and oxygen atoms in total. The number of halogens is 4. The van der Waals surface area contributed by atoms with E-state index in [1.165, 1.54) is 7.11 Å². The van der Waals surface area contributed by atoms with Gasteiger partial charge in [0.15, 0.2) is 0 Å². The Balaban J connectivity index is 0.000000459. The summed E-state index contributed by atoms with van der Waals surface area (Å²) in [7, 11) is 1.39. The average Bonchev–Trinajstić information content (AvgIpc) is 3.10. The predicted molar refractivity (Wildman–Crippen MR) is 228 cm³/mol. The minimum atomic E-state index is -0.731. The minimum absolute atomic E-state index is 0. The van der Waals surface area contributed by atoms with Gasteiger partial charge < -0.3 is 40.2 Å². The van der Waals surface area contributed by atoms with Crippen LogP contribution in [0.1, 0.15) is 85.3 Å². The quantitative estimate of drug-likeness (QED) is 0.160. The van der Waals surface area contributed by atoms with Gasteiger partial charge in [-0.3, -0.25) is 9.59 Å². The second-order valence-electron chi connectivity index (χ2n) is 14.9. The molecule has 0 saturated carbocycles. The molecule has 4 heterocycles. The maximum absolute atomic E-state index is 12.8. The van der Waals surface area contributed by atoms with E-state index in [2.05, 4.69) is 57.8 Å².